The molecule has 0 aliphatic rings. The van der Waals surface area contributed by atoms with E-state index in [1.165, 1.54) is 0 Å². The van der Waals surface area contributed by atoms with Crippen LogP contribution < -0.4 is 0 Å². The Morgan fingerprint density at radius 1 is 1.15 bits per heavy atom. The molecular formula is C17H23FO2. The Bertz CT molecular complexity index is 512. The molecule has 0 aliphatic heterocycles. The van der Waals surface area contributed by atoms with Crippen LogP contribution in [0.5, 0.6) is 0 Å². The van der Waals surface area contributed by atoms with Gasteiger partial charge < -0.3 is 0 Å². The summed E-state index contributed by atoms with van der Waals surface area (Å²) in [6.07, 6.45) is -0.664. The number of Topliss-reactive ketones (excluding diaryl/α,β-unsaturated/α-hetero) is 2. The van der Waals surface area contributed by atoms with Crippen LogP contribution in [0.25, 0.3) is 0 Å². The molecule has 2 nitrogen and oxygen atoms in total. The molecule has 0 saturated carbocycles. The molecule has 110 valence electrons. The molecule has 1 rings (SSSR count). The Morgan fingerprint density at radius 2 is 1.75 bits per heavy atom. The second kappa shape index (κ2) is 6.29. The molecule has 1 atom stereocenters. The van der Waals surface area contributed by atoms with E-state index < -0.39 is 23.2 Å². The molecule has 3 heteroatoms. The van der Waals surface area contributed by atoms with Crippen molar-refractivity contribution in [2.24, 2.45) is 5.41 Å². The minimum Gasteiger partial charge on any atom is -0.295 e. The zero-order valence-corrected chi connectivity index (χ0v) is 12.9. The zero-order chi connectivity index (χ0) is 15.5. The Balaban J connectivity index is 3.17. The van der Waals surface area contributed by atoms with Gasteiger partial charge in [-0.15, -0.1) is 0 Å². The Morgan fingerprint density at radius 3 is 2.20 bits per heavy atom. The second-order valence-corrected chi connectivity index (χ2v) is 6.04. The molecule has 0 spiro atoms. The number of carbonyl (C=O) groups is 2. The number of rotatable bonds is 5. The lowest BCUT2D eigenvalue weighted by Gasteiger charge is -2.19. The Hall–Kier alpha value is -1.51. The van der Waals surface area contributed by atoms with E-state index in [0.29, 0.717) is 12.0 Å². The van der Waals surface area contributed by atoms with Gasteiger partial charge in [0.1, 0.15) is 0 Å². The highest BCUT2D eigenvalue weighted by atomic mass is 19.1. The van der Waals surface area contributed by atoms with Crippen LogP contribution in [0.3, 0.4) is 0 Å². The number of halogens is 1. The number of carbonyl (C=O) groups excluding carboxylic acids is 2. The third-order valence-electron chi connectivity index (χ3n) is 3.43. The molecule has 1 aromatic rings. The molecule has 20 heavy (non-hydrogen) atoms. The summed E-state index contributed by atoms with van der Waals surface area (Å²) in [5, 5.41) is 0. The lowest BCUT2D eigenvalue weighted by molar-refractivity contribution is -0.129. The van der Waals surface area contributed by atoms with Gasteiger partial charge in [-0.05, 0) is 30.0 Å². The number of benzene rings is 1. The van der Waals surface area contributed by atoms with Gasteiger partial charge in [0.15, 0.2) is 5.78 Å². The first-order valence-corrected chi connectivity index (χ1v) is 7.06. The highest BCUT2D eigenvalue weighted by Crippen LogP contribution is 2.23. The monoisotopic (exact) mass is 278 g/mol. The standard InChI is InChI=1S/C17H23FO2/c1-6-11-8-9-12(7-2)13(10-11)15(19)14(18)16(20)17(3,4)5/h8-10,14H,6-7H2,1-5H3. The molecule has 0 radical (unpaired) electrons. The fraction of sp³-hybridized carbons (Fsp3) is 0.529. The van der Waals surface area contributed by atoms with Crippen LogP contribution in [0.15, 0.2) is 18.2 Å². The van der Waals surface area contributed by atoms with E-state index in [0.717, 1.165) is 17.5 Å². The lowest BCUT2D eigenvalue weighted by Crippen LogP contribution is -2.35. The van der Waals surface area contributed by atoms with E-state index in [9.17, 15) is 14.0 Å². The number of ketones is 2. The van der Waals surface area contributed by atoms with Gasteiger partial charge in [0, 0.05) is 11.0 Å². The van der Waals surface area contributed by atoms with Crippen molar-refractivity contribution in [2.45, 2.75) is 53.6 Å². The predicted octanol–water partition coefficient (Wildman–Crippen LogP) is 3.95. The second-order valence-electron chi connectivity index (χ2n) is 6.04. The summed E-state index contributed by atoms with van der Waals surface area (Å²) in [6.45, 7) is 8.76. The molecule has 0 heterocycles. The maximum Gasteiger partial charge on any atom is 0.221 e. The third kappa shape index (κ3) is 3.53. The minimum atomic E-state index is -2.08. The highest BCUT2D eigenvalue weighted by Gasteiger charge is 2.35. The van der Waals surface area contributed by atoms with Crippen molar-refractivity contribution < 1.29 is 14.0 Å². The fourth-order valence-corrected chi connectivity index (χ4v) is 2.02. The third-order valence-corrected chi connectivity index (χ3v) is 3.43. The molecule has 0 saturated heterocycles. The zero-order valence-electron chi connectivity index (χ0n) is 12.9. The lowest BCUT2D eigenvalue weighted by atomic mass is 9.84. The Labute approximate surface area is 120 Å². The molecule has 0 aliphatic carbocycles. The minimum absolute atomic E-state index is 0.344. The van der Waals surface area contributed by atoms with Crippen LogP contribution in [-0.4, -0.2) is 17.7 Å². The molecule has 1 unspecified atom stereocenters. The predicted molar refractivity (Wildman–Crippen MR) is 78.9 cm³/mol. The van der Waals surface area contributed by atoms with Crippen LogP contribution in [-0.2, 0) is 17.6 Å². The maximum absolute atomic E-state index is 14.2. The van der Waals surface area contributed by atoms with Crippen molar-refractivity contribution in [1.29, 1.82) is 0 Å². The molecule has 0 amide bonds. The van der Waals surface area contributed by atoms with Crippen molar-refractivity contribution in [3.63, 3.8) is 0 Å². The van der Waals surface area contributed by atoms with Crippen LogP contribution in [0.2, 0.25) is 0 Å². The topological polar surface area (TPSA) is 34.1 Å². The van der Waals surface area contributed by atoms with Gasteiger partial charge in [0.05, 0.1) is 0 Å². The smallest absolute Gasteiger partial charge is 0.221 e. The van der Waals surface area contributed by atoms with Gasteiger partial charge in [-0.25, -0.2) is 4.39 Å². The van der Waals surface area contributed by atoms with E-state index in [-0.39, 0.29) is 0 Å². The number of aryl methyl sites for hydroxylation is 2. The molecular weight excluding hydrogens is 255 g/mol. The van der Waals surface area contributed by atoms with Gasteiger partial charge in [0.2, 0.25) is 12.0 Å². The molecule has 0 aromatic heterocycles. The van der Waals surface area contributed by atoms with Crippen LogP contribution in [0.4, 0.5) is 4.39 Å². The van der Waals surface area contributed by atoms with Crippen LogP contribution >= 0.6 is 0 Å². The molecule has 0 bridgehead atoms. The Kier molecular flexibility index (Phi) is 5.21. The van der Waals surface area contributed by atoms with Crippen molar-refractivity contribution in [3.8, 4) is 0 Å². The molecule has 0 N–H and O–H groups in total. The van der Waals surface area contributed by atoms with Crippen molar-refractivity contribution in [2.75, 3.05) is 0 Å². The van der Waals surface area contributed by atoms with Crippen molar-refractivity contribution >= 4 is 11.6 Å². The number of hydrogen-bond acceptors (Lipinski definition) is 2. The first-order valence-electron chi connectivity index (χ1n) is 7.06. The summed E-state index contributed by atoms with van der Waals surface area (Å²) >= 11 is 0. The highest BCUT2D eigenvalue weighted by molar-refractivity contribution is 6.15. The largest absolute Gasteiger partial charge is 0.295 e. The number of hydrogen-bond donors (Lipinski definition) is 0. The quantitative estimate of drug-likeness (QED) is 0.603. The average molecular weight is 278 g/mol. The van der Waals surface area contributed by atoms with Gasteiger partial charge in [-0.3, -0.25) is 9.59 Å². The van der Waals surface area contributed by atoms with E-state index >= 15 is 0 Å². The summed E-state index contributed by atoms with van der Waals surface area (Å²) in [7, 11) is 0. The summed E-state index contributed by atoms with van der Waals surface area (Å²) in [4.78, 5) is 24.2. The normalized spacial score (nSPS) is 13.1. The van der Waals surface area contributed by atoms with Gasteiger partial charge in [-0.2, -0.15) is 0 Å². The van der Waals surface area contributed by atoms with Crippen molar-refractivity contribution in [1.82, 2.24) is 0 Å². The van der Waals surface area contributed by atoms with Crippen LogP contribution in [0, 0.1) is 5.41 Å². The van der Waals surface area contributed by atoms with E-state index in [1.807, 2.05) is 26.0 Å². The average Bonchev–Trinajstić information content (AvgIpc) is 2.43. The summed E-state index contributed by atoms with van der Waals surface area (Å²) in [5.74, 6) is -1.37. The SMILES string of the molecule is CCc1ccc(CC)c(C(=O)C(F)C(=O)C(C)(C)C)c1. The van der Waals surface area contributed by atoms with Gasteiger partial charge >= 0.3 is 0 Å². The van der Waals surface area contributed by atoms with E-state index in [4.69, 9.17) is 0 Å². The maximum atomic E-state index is 14.2. The van der Waals surface area contributed by atoms with E-state index in [2.05, 4.69) is 0 Å². The van der Waals surface area contributed by atoms with E-state index in [1.54, 1.807) is 26.8 Å². The summed E-state index contributed by atoms with van der Waals surface area (Å²) in [5.41, 5.74) is 1.25. The van der Waals surface area contributed by atoms with Crippen LogP contribution in [0.1, 0.15) is 56.1 Å². The van der Waals surface area contributed by atoms with Gasteiger partial charge in [-0.1, -0.05) is 46.8 Å². The first-order chi connectivity index (χ1) is 9.22. The van der Waals surface area contributed by atoms with Crippen molar-refractivity contribution in [3.05, 3.63) is 34.9 Å². The fourth-order valence-electron chi connectivity index (χ4n) is 2.02. The summed E-state index contributed by atoms with van der Waals surface area (Å²) in [6, 6.07) is 5.50. The molecule has 0 fully saturated rings. The summed E-state index contributed by atoms with van der Waals surface area (Å²) < 4.78 is 14.2. The first kappa shape index (κ1) is 16.5. The number of alkyl halides is 1. The van der Waals surface area contributed by atoms with Gasteiger partial charge in [0.25, 0.3) is 0 Å². The molecule has 1 aromatic carbocycles.